The number of pyridine rings is 1. The molecule has 1 aromatic carbocycles. The number of aryl methyl sites for hydroxylation is 1. The van der Waals surface area contributed by atoms with Gasteiger partial charge in [-0.15, -0.1) is 0 Å². The van der Waals surface area contributed by atoms with Crippen LogP contribution in [0.15, 0.2) is 42.6 Å². The maximum Gasteiger partial charge on any atom is 0.0560 e. The van der Waals surface area contributed by atoms with Crippen LogP contribution in [0.2, 0.25) is 0 Å². The highest BCUT2D eigenvalue weighted by Gasteiger charge is 2.14. The van der Waals surface area contributed by atoms with Gasteiger partial charge in [-0.25, -0.2) is 0 Å². The Balaban J connectivity index is 1.89. The molecule has 0 unspecified atom stereocenters. The van der Waals surface area contributed by atoms with Crippen LogP contribution in [-0.2, 0) is 19.5 Å². The molecule has 2 heterocycles. The molecule has 3 rings (SSSR count). The van der Waals surface area contributed by atoms with Crippen LogP contribution in [-0.4, -0.2) is 11.5 Å². The molecule has 0 bridgehead atoms. The average molecular weight is 253 g/mol. The van der Waals surface area contributed by atoms with Gasteiger partial charge in [0.25, 0.3) is 0 Å². The van der Waals surface area contributed by atoms with Gasteiger partial charge in [-0.3, -0.25) is 4.98 Å². The summed E-state index contributed by atoms with van der Waals surface area (Å²) in [4.78, 5) is 6.69. The van der Waals surface area contributed by atoms with Gasteiger partial charge in [-0.1, -0.05) is 24.3 Å². The molecule has 3 heteroatoms. The number of nitrogens with two attached hydrogens (primary N) is 1. The first-order valence-corrected chi connectivity index (χ1v) is 6.83. The van der Waals surface area contributed by atoms with Crippen molar-refractivity contribution in [3.63, 3.8) is 0 Å². The molecule has 2 N–H and O–H groups in total. The second-order valence-electron chi connectivity index (χ2n) is 5.00. The van der Waals surface area contributed by atoms with Crippen LogP contribution in [0.3, 0.4) is 0 Å². The highest BCUT2D eigenvalue weighted by molar-refractivity contribution is 5.48. The topological polar surface area (TPSA) is 42.1 Å². The van der Waals surface area contributed by atoms with E-state index in [-0.39, 0.29) is 0 Å². The van der Waals surface area contributed by atoms with Crippen LogP contribution in [0, 0.1) is 0 Å². The van der Waals surface area contributed by atoms with Crippen molar-refractivity contribution in [2.45, 2.75) is 25.9 Å². The van der Waals surface area contributed by atoms with Crippen LogP contribution >= 0.6 is 0 Å². The maximum absolute atomic E-state index is 5.67. The van der Waals surface area contributed by atoms with E-state index in [1.807, 2.05) is 6.20 Å². The van der Waals surface area contributed by atoms with Gasteiger partial charge in [0.2, 0.25) is 0 Å². The van der Waals surface area contributed by atoms with E-state index in [2.05, 4.69) is 46.3 Å². The standard InChI is InChI=1S/C16H19N3/c17-11-15-10-16(7-8-18-15)19-9-3-6-13-4-1-2-5-14(13)12-19/h1-2,4-5,7-8,10H,3,6,9,11-12,17H2. The summed E-state index contributed by atoms with van der Waals surface area (Å²) in [5, 5.41) is 0. The van der Waals surface area contributed by atoms with E-state index >= 15 is 0 Å². The van der Waals surface area contributed by atoms with Crippen molar-refractivity contribution in [1.29, 1.82) is 0 Å². The number of nitrogens with zero attached hydrogens (tertiary/aromatic N) is 2. The summed E-state index contributed by atoms with van der Waals surface area (Å²) >= 11 is 0. The summed E-state index contributed by atoms with van der Waals surface area (Å²) in [6, 6.07) is 12.9. The first kappa shape index (κ1) is 12.2. The fourth-order valence-electron chi connectivity index (χ4n) is 2.69. The number of fused-ring (bicyclic) bond motifs is 1. The summed E-state index contributed by atoms with van der Waals surface area (Å²) in [5.41, 5.74) is 10.8. The predicted octanol–water partition coefficient (Wildman–Crippen LogP) is 2.49. The Morgan fingerprint density at radius 1 is 1.16 bits per heavy atom. The molecule has 0 spiro atoms. The zero-order chi connectivity index (χ0) is 13.1. The minimum Gasteiger partial charge on any atom is -0.367 e. The Morgan fingerprint density at radius 2 is 2.00 bits per heavy atom. The van der Waals surface area contributed by atoms with Gasteiger partial charge in [0.05, 0.1) is 5.69 Å². The van der Waals surface area contributed by atoms with E-state index in [9.17, 15) is 0 Å². The number of hydrogen-bond acceptors (Lipinski definition) is 3. The molecular formula is C16H19N3. The molecule has 0 radical (unpaired) electrons. The molecule has 1 aliphatic rings. The van der Waals surface area contributed by atoms with Crippen molar-refractivity contribution in [3.05, 3.63) is 59.4 Å². The number of anilines is 1. The largest absolute Gasteiger partial charge is 0.367 e. The fraction of sp³-hybridized carbons (Fsp3) is 0.312. The van der Waals surface area contributed by atoms with E-state index in [1.165, 1.54) is 29.7 Å². The molecule has 1 aromatic heterocycles. The molecular weight excluding hydrogens is 234 g/mol. The lowest BCUT2D eigenvalue weighted by molar-refractivity contribution is 0.763. The third kappa shape index (κ3) is 2.61. The summed E-state index contributed by atoms with van der Waals surface area (Å²) < 4.78 is 0. The van der Waals surface area contributed by atoms with Crippen molar-refractivity contribution < 1.29 is 0 Å². The third-order valence-corrected chi connectivity index (χ3v) is 3.73. The molecule has 0 amide bonds. The van der Waals surface area contributed by atoms with Crippen molar-refractivity contribution in [1.82, 2.24) is 4.98 Å². The van der Waals surface area contributed by atoms with E-state index in [1.54, 1.807) is 0 Å². The Hall–Kier alpha value is -1.87. The Kier molecular flexibility index (Phi) is 3.47. The van der Waals surface area contributed by atoms with Gasteiger partial charge in [0, 0.05) is 31.5 Å². The minimum absolute atomic E-state index is 0.498. The summed E-state index contributed by atoms with van der Waals surface area (Å²) in [5.74, 6) is 0. The molecule has 0 atom stereocenters. The molecule has 3 nitrogen and oxygen atoms in total. The molecule has 19 heavy (non-hydrogen) atoms. The maximum atomic E-state index is 5.67. The van der Waals surface area contributed by atoms with Gasteiger partial charge in [0.1, 0.15) is 0 Å². The smallest absolute Gasteiger partial charge is 0.0560 e. The second-order valence-corrected chi connectivity index (χ2v) is 5.00. The Labute approximate surface area is 114 Å². The van der Waals surface area contributed by atoms with Crippen LogP contribution < -0.4 is 10.6 Å². The van der Waals surface area contributed by atoms with E-state index in [4.69, 9.17) is 5.73 Å². The van der Waals surface area contributed by atoms with Gasteiger partial charge >= 0.3 is 0 Å². The summed E-state index contributed by atoms with van der Waals surface area (Å²) in [6.45, 7) is 2.56. The van der Waals surface area contributed by atoms with Crippen LogP contribution in [0.4, 0.5) is 5.69 Å². The van der Waals surface area contributed by atoms with Gasteiger partial charge in [-0.05, 0) is 36.1 Å². The normalized spacial score (nSPS) is 14.9. The molecule has 0 saturated heterocycles. The quantitative estimate of drug-likeness (QED) is 0.894. The minimum atomic E-state index is 0.498. The average Bonchev–Trinajstić information content (AvgIpc) is 2.69. The van der Waals surface area contributed by atoms with Crippen molar-refractivity contribution in [2.75, 3.05) is 11.4 Å². The van der Waals surface area contributed by atoms with Gasteiger partial charge in [0.15, 0.2) is 0 Å². The van der Waals surface area contributed by atoms with Gasteiger partial charge in [-0.2, -0.15) is 0 Å². The predicted molar refractivity (Wildman–Crippen MR) is 77.9 cm³/mol. The number of hydrogen-bond donors (Lipinski definition) is 1. The lowest BCUT2D eigenvalue weighted by atomic mass is 10.0. The zero-order valence-corrected chi connectivity index (χ0v) is 11.0. The lowest BCUT2D eigenvalue weighted by Gasteiger charge is -2.23. The van der Waals surface area contributed by atoms with Crippen LogP contribution in [0.1, 0.15) is 23.2 Å². The summed E-state index contributed by atoms with van der Waals surface area (Å²) in [7, 11) is 0. The highest BCUT2D eigenvalue weighted by atomic mass is 15.1. The van der Waals surface area contributed by atoms with E-state index in [0.717, 1.165) is 18.8 Å². The van der Waals surface area contributed by atoms with Gasteiger partial charge < -0.3 is 10.6 Å². The molecule has 0 aliphatic carbocycles. The monoisotopic (exact) mass is 253 g/mol. The number of rotatable bonds is 2. The SMILES string of the molecule is NCc1cc(N2CCCc3ccccc3C2)ccn1. The van der Waals surface area contributed by atoms with E-state index < -0.39 is 0 Å². The summed E-state index contributed by atoms with van der Waals surface area (Å²) in [6.07, 6.45) is 4.22. The lowest BCUT2D eigenvalue weighted by Crippen LogP contribution is -2.22. The Morgan fingerprint density at radius 3 is 2.84 bits per heavy atom. The Bertz CT molecular complexity index is 565. The fourth-order valence-corrected chi connectivity index (χ4v) is 2.69. The molecule has 0 fully saturated rings. The molecule has 0 saturated carbocycles. The van der Waals surface area contributed by atoms with Crippen LogP contribution in [0.5, 0.6) is 0 Å². The highest BCUT2D eigenvalue weighted by Crippen LogP contribution is 2.23. The van der Waals surface area contributed by atoms with Crippen molar-refractivity contribution in [3.8, 4) is 0 Å². The molecule has 98 valence electrons. The molecule has 1 aliphatic heterocycles. The zero-order valence-electron chi connectivity index (χ0n) is 11.0. The second kappa shape index (κ2) is 5.41. The first-order valence-electron chi connectivity index (χ1n) is 6.83. The van der Waals surface area contributed by atoms with Crippen molar-refractivity contribution >= 4 is 5.69 Å². The number of benzene rings is 1. The van der Waals surface area contributed by atoms with Crippen LogP contribution in [0.25, 0.3) is 0 Å². The van der Waals surface area contributed by atoms with E-state index in [0.29, 0.717) is 6.54 Å². The third-order valence-electron chi connectivity index (χ3n) is 3.73. The molecule has 2 aromatic rings. The number of aromatic nitrogens is 1. The van der Waals surface area contributed by atoms with Crippen molar-refractivity contribution in [2.24, 2.45) is 5.73 Å². The first-order chi connectivity index (χ1) is 9.36.